The SMILES string of the molecule is COc1ccc(CCNC(=O)CCCn2c(=S)[nH]c3ccsc3c2=O)cc1OC. The Balaban J connectivity index is 1.47. The molecule has 7 nitrogen and oxygen atoms in total. The van der Waals surface area contributed by atoms with E-state index < -0.39 is 0 Å². The number of H-pyrrole nitrogens is 1. The van der Waals surface area contributed by atoms with Gasteiger partial charge in [0.25, 0.3) is 5.56 Å². The fraction of sp³-hybridized carbons (Fsp3) is 0.350. The number of hydrogen-bond donors (Lipinski definition) is 2. The molecular formula is C20H23N3O4S2. The summed E-state index contributed by atoms with van der Waals surface area (Å²) in [5, 5.41) is 4.76. The van der Waals surface area contributed by atoms with E-state index >= 15 is 0 Å². The molecule has 3 aromatic rings. The maximum Gasteiger partial charge on any atom is 0.272 e. The van der Waals surface area contributed by atoms with Crippen LogP contribution in [0, 0.1) is 4.77 Å². The Morgan fingerprint density at radius 1 is 1.24 bits per heavy atom. The topological polar surface area (TPSA) is 85.4 Å². The number of nitrogens with one attached hydrogen (secondary N) is 2. The standard InChI is InChI=1S/C20H23N3O4S2/c1-26-15-6-5-13(12-16(15)27-2)7-9-21-17(24)4-3-10-23-19(25)18-14(8-11-29-18)22-20(23)28/h5-6,8,11-12H,3-4,7,9-10H2,1-2H3,(H,21,24)(H,22,28). The van der Waals surface area contributed by atoms with E-state index in [-0.39, 0.29) is 11.5 Å². The monoisotopic (exact) mass is 433 g/mol. The van der Waals surface area contributed by atoms with Gasteiger partial charge in [-0.05, 0) is 54.2 Å². The second-order valence-electron chi connectivity index (χ2n) is 6.44. The van der Waals surface area contributed by atoms with Crippen LogP contribution in [0.3, 0.4) is 0 Å². The van der Waals surface area contributed by atoms with Crippen molar-refractivity contribution in [3.63, 3.8) is 0 Å². The molecule has 154 valence electrons. The van der Waals surface area contributed by atoms with Gasteiger partial charge >= 0.3 is 0 Å². The first-order chi connectivity index (χ1) is 14.0. The molecule has 0 aliphatic heterocycles. The number of aromatic nitrogens is 2. The van der Waals surface area contributed by atoms with Gasteiger partial charge in [-0.3, -0.25) is 14.2 Å². The zero-order valence-corrected chi connectivity index (χ0v) is 18.0. The van der Waals surface area contributed by atoms with Gasteiger partial charge in [-0.2, -0.15) is 0 Å². The zero-order chi connectivity index (χ0) is 20.8. The van der Waals surface area contributed by atoms with Crippen molar-refractivity contribution < 1.29 is 14.3 Å². The lowest BCUT2D eigenvalue weighted by Crippen LogP contribution is -2.27. The Morgan fingerprint density at radius 3 is 2.79 bits per heavy atom. The number of hydrogen-bond acceptors (Lipinski definition) is 6. The third-order valence-electron chi connectivity index (χ3n) is 4.56. The van der Waals surface area contributed by atoms with Gasteiger partial charge in [0, 0.05) is 19.5 Å². The minimum Gasteiger partial charge on any atom is -0.493 e. The highest BCUT2D eigenvalue weighted by Gasteiger charge is 2.09. The normalized spacial score (nSPS) is 10.8. The average Bonchev–Trinajstić information content (AvgIpc) is 3.18. The van der Waals surface area contributed by atoms with Gasteiger partial charge in [0.05, 0.1) is 19.7 Å². The van der Waals surface area contributed by atoms with Crippen LogP contribution in [0.5, 0.6) is 11.5 Å². The average molecular weight is 434 g/mol. The van der Waals surface area contributed by atoms with Gasteiger partial charge in [0.2, 0.25) is 5.91 Å². The Bertz CT molecular complexity index is 1120. The number of thiophene rings is 1. The first-order valence-corrected chi connectivity index (χ1v) is 10.5. The summed E-state index contributed by atoms with van der Waals surface area (Å²) in [5.74, 6) is 1.29. The molecule has 9 heteroatoms. The quantitative estimate of drug-likeness (QED) is 0.506. The summed E-state index contributed by atoms with van der Waals surface area (Å²) in [5.41, 5.74) is 1.70. The number of benzene rings is 1. The van der Waals surface area contributed by atoms with E-state index in [4.69, 9.17) is 21.7 Å². The van der Waals surface area contributed by atoms with Crippen molar-refractivity contribution in [1.82, 2.24) is 14.9 Å². The number of ether oxygens (including phenoxy) is 2. The largest absolute Gasteiger partial charge is 0.493 e. The van der Waals surface area contributed by atoms with Crippen molar-refractivity contribution in [2.24, 2.45) is 0 Å². The van der Waals surface area contributed by atoms with Crippen LogP contribution in [0.15, 0.2) is 34.4 Å². The molecule has 0 fully saturated rings. The van der Waals surface area contributed by atoms with Crippen LogP contribution < -0.4 is 20.3 Å². The van der Waals surface area contributed by atoms with E-state index in [1.54, 1.807) is 14.2 Å². The molecule has 0 saturated carbocycles. The van der Waals surface area contributed by atoms with Crippen LogP contribution in [0.2, 0.25) is 0 Å². The zero-order valence-electron chi connectivity index (χ0n) is 16.3. The predicted octanol–water partition coefficient (Wildman–Crippen LogP) is 3.28. The summed E-state index contributed by atoms with van der Waals surface area (Å²) in [7, 11) is 3.19. The van der Waals surface area contributed by atoms with E-state index in [2.05, 4.69) is 10.3 Å². The van der Waals surface area contributed by atoms with Gasteiger partial charge in [0.1, 0.15) is 4.70 Å². The second-order valence-corrected chi connectivity index (χ2v) is 7.75. The third-order valence-corrected chi connectivity index (χ3v) is 5.79. The van der Waals surface area contributed by atoms with Crippen LogP contribution in [-0.2, 0) is 17.8 Å². The summed E-state index contributed by atoms with van der Waals surface area (Å²) >= 11 is 6.65. The fourth-order valence-corrected chi connectivity index (χ4v) is 4.12. The molecule has 29 heavy (non-hydrogen) atoms. The summed E-state index contributed by atoms with van der Waals surface area (Å²) in [6.45, 7) is 0.931. The lowest BCUT2D eigenvalue weighted by molar-refractivity contribution is -0.121. The van der Waals surface area contributed by atoms with Gasteiger partial charge in [-0.1, -0.05) is 6.07 Å². The van der Waals surface area contributed by atoms with Crippen molar-refractivity contribution in [3.8, 4) is 11.5 Å². The van der Waals surface area contributed by atoms with Crippen LogP contribution >= 0.6 is 23.6 Å². The molecule has 0 unspecified atom stereocenters. The Kier molecular flexibility index (Phi) is 7.05. The first kappa shape index (κ1) is 21.1. The van der Waals surface area contributed by atoms with Crippen LogP contribution in [0.4, 0.5) is 0 Å². The van der Waals surface area contributed by atoms with E-state index in [0.717, 1.165) is 11.1 Å². The van der Waals surface area contributed by atoms with Crippen molar-refractivity contribution in [3.05, 3.63) is 50.3 Å². The maximum atomic E-state index is 12.5. The number of methoxy groups -OCH3 is 2. The summed E-state index contributed by atoms with van der Waals surface area (Å²) in [4.78, 5) is 27.6. The lowest BCUT2D eigenvalue weighted by atomic mass is 10.1. The minimum absolute atomic E-state index is 0.0503. The highest BCUT2D eigenvalue weighted by molar-refractivity contribution is 7.71. The van der Waals surface area contributed by atoms with E-state index in [1.165, 1.54) is 15.9 Å². The Labute approximate surface area is 177 Å². The smallest absolute Gasteiger partial charge is 0.272 e. The molecule has 2 N–H and O–H groups in total. The number of aromatic amines is 1. The number of rotatable bonds is 9. The van der Waals surface area contributed by atoms with Crippen molar-refractivity contribution in [2.45, 2.75) is 25.8 Å². The minimum atomic E-state index is -0.104. The number of amides is 1. The molecule has 0 spiro atoms. The maximum absolute atomic E-state index is 12.5. The third kappa shape index (κ3) is 5.04. The van der Waals surface area contributed by atoms with Crippen LogP contribution in [0.1, 0.15) is 18.4 Å². The van der Waals surface area contributed by atoms with Gasteiger partial charge in [-0.25, -0.2) is 0 Å². The predicted molar refractivity (Wildman–Crippen MR) is 117 cm³/mol. The molecular weight excluding hydrogens is 410 g/mol. The molecule has 1 aromatic carbocycles. The molecule has 0 aliphatic rings. The second kappa shape index (κ2) is 9.71. The Morgan fingerprint density at radius 2 is 2.03 bits per heavy atom. The number of nitrogens with zero attached hydrogens (tertiary/aromatic N) is 1. The molecule has 0 aliphatic carbocycles. The summed E-state index contributed by atoms with van der Waals surface area (Å²) in [6.07, 6.45) is 1.55. The van der Waals surface area contributed by atoms with E-state index in [0.29, 0.717) is 53.3 Å². The molecule has 2 aromatic heterocycles. The molecule has 3 rings (SSSR count). The van der Waals surface area contributed by atoms with Crippen LogP contribution in [-0.4, -0.2) is 36.2 Å². The van der Waals surface area contributed by atoms with Gasteiger partial charge in [-0.15, -0.1) is 11.3 Å². The molecule has 0 saturated heterocycles. The number of carbonyl (C=O) groups excluding carboxylic acids is 1. The number of fused-ring (bicyclic) bond motifs is 1. The number of carbonyl (C=O) groups is 1. The van der Waals surface area contributed by atoms with Crippen molar-refractivity contribution in [2.75, 3.05) is 20.8 Å². The molecule has 2 heterocycles. The lowest BCUT2D eigenvalue weighted by Gasteiger charge is -2.10. The highest BCUT2D eigenvalue weighted by atomic mass is 32.1. The molecule has 1 amide bonds. The van der Waals surface area contributed by atoms with Crippen molar-refractivity contribution in [1.29, 1.82) is 0 Å². The molecule has 0 radical (unpaired) electrons. The van der Waals surface area contributed by atoms with Gasteiger partial charge < -0.3 is 19.8 Å². The molecule has 0 atom stereocenters. The van der Waals surface area contributed by atoms with E-state index in [9.17, 15) is 9.59 Å². The first-order valence-electron chi connectivity index (χ1n) is 9.21. The summed E-state index contributed by atoms with van der Waals surface area (Å²) < 4.78 is 13.1. The van der Waals surface area contributed by atoms with Crippen molar-refractivity contribution >= 4 is 39.7 Å². The fourth-order valence-electron chi connectivity index (χ4n) is 3.04. The molecule has 0 bridgehead atoms. The summed E-state index contributed by atoms with van der Waals surface area (Å²) in [6, 6.07) is 7.54. The highest BCUT2D eigenvalue weighted by Crippen LogP contribution is 2.27. The van der Waals surface area contributed by atoms with Gasteiger partial charge in [0.15, 0.2) is 16.3 Å². The van der Waals surface area contributed by atoms with E-state index in [1.807, 2.05) is 29.6 Å². The van der Waals surface area contributed by atoms with Crippen LogP contribution in [0.25, 0.3) is 10.2 Å². The Hall–Kier alpha value is -2.65.